The van der Waals surface area contributed by atoms with Gasteiger partial charge in [0.05, 0.1) is 19.8 Å². The molecule has 1 aromatic rings. The predicted octanol–water partition coefficient (Wildman–Crippen LogP) is 1.84. The number of hydrogen-bond donors (Lipinski definition) is 2. The molecule has 0 unspecified atom stereocenters. The molecule has 0 radical (unpaired) electrons. The number of ether oxygens (including phenoxy) is 1. The second-order valence-corrected chi connectivity index (χ2v) is 6.67. The van der Waals surface area contributed by atoms with E-state index in [0.29, 0.717) is 19.5 Å². The standard InChI is InChI=1S/C21H35N5O2/c1-4-22-21(23-12-11-20(27)25(5-2)6-3)24-17-18-9-7-8-10-19(18)26-13-15-28-16-14-26/h7-10H,4-6,11-17H2,1-3H3,(H2,22,23,24). The minimum Gasteiger partial charge on any atom is -0.378 e. The molecule has 7 nitrogen and oxygen atoms in total. The van der Waals surface area contributed by atoms with Gasteiger partial charge in [0.25, 0.3) is 0 Å². The Hall–Kier alpha value is -2.28. The smallest absolute Gasteiger partial charge is 0.224 e. The Morgan fingerprint density at radius 1 is 1.14 bits per heavy atom. The van der Waals surface area contributed by atoms with Crippen molar-refractivity contribution in [2.24, 2.45) is 4.99 Å². The van der Waals surface area contributed by atoms with Gasteiger partial charge in [-0.1, -0.05) is 18.2 Å². The number of carbonyl (C=O) groups excluding carboxylic acids is 1. The quantitative estimate of drug-likeness (QED) is 0.498. The maximum Gasteiger partial charge on any atom is 0.224 e. The second-order valence-electron chi connectivity index (χ2n) is 6.67. The molecule has 28 heavy (non-hydrogen) atoms. The van der Waals surface area contributed by atoms with Crippen LogP contribution in [0.25, 0.3) is 0 Å². The highest BCUT2D eigenvalue weighted by Gasteiger charge is 2.14. The topological polar surface area (TPSA) is 69.2 Å². The third-order valence-corrected chi connectivity index (χ3v) is 4.84. The van der Waals surface area contributed by atoms with E-state index in [1.165, 1.54) is 11.3 Å². The number of guanidine groups is 1. The van der Waals surface area contributed by atoms with Gasteiger partial charge in [0, 0.05) is 51.4 Å². The molecule has 0 saturated carbocycles. The van der Waals surface area contributed by atoms with Gasteiger partial charge in [0.2, 0.25) is 5.91 Å². The van der Waals surface area contributed by atoms with Crippen LogP contribution >= 0.6 is 0 Å². The maximum absolute atomic E-state index is 12.2. The van der Waals surface area contributed by atoms with Crippen LogP contribution in [0.2, 0.25) is 0 Å². The largest absolute Gasteiger partial charge is 0.378 e. The summed E-state index contributed by atoms with van der Waals surface area (Å²) in [4.78, 5) is 21.1. The molecule has 2 rings (SSSR count). The summed E-state index contributed by atoms with van der Waals surface area (Å²) in [5.41, 5.74) is 2.42. The van der Waals surface area contributed by atoms with Gasteiger partial charge in [-0.3, -0.25) is 4.79 Å². The Kier molecular flexibility index (Phi) is 9.62. The monoisotopic (exact) mass is 389 g/mol. The molecule has 2 N–H and O–H groups in total. The van der Waals surface area contributed by atoms with Gasteiger partial charge in [0.15, 0.2) is 5.96 Å². The summed E-state index contributed by atoms with van der Waals surface area (Å²) in [5, 5.41) is 6.54. The number of benzene rings is 1. The first-order valence-electron chi connectivity index (χ1n) is 10.4. The van der Waals surface area contributed by atoms with Crippen molar-refractivity contribution in [1.82, 2.24) is 15.5 Å². The molecule has 0 atom stereocenters. The molecular weight excluding hydrogens is 354 g/mol. The van der Waals surface area contributed by atoms with Gasteiger partial charge >= 0.3 is 0 Å². The molecule has 1 heterocycles. The van der Waals surface area contributed by atoms with Crippen molar-refractivity contribution in [3.63, 3.8) is 0 Å². The fraction of sp³-hybridized carbons (Fsp3) is 0.619. The lowest BCUT2D eigenvalue weighted by Crippen LogP contribution is -2.40. The predicted molar refractivity (Wildman–Crippen MR) is 115 cm³/mol. The number of nitrogens with one attached hydrogen (secondary N) is 2. The van der Waals surface area contributed by atoms with Crippen molar-refractivity contribution in [1.29, 1.82) is 0 Å². The third kappa shape index (κ3) is 6.71. The molecule has 1 aromatic carbocycles. The van der Waals surface area contributed by atoms with Crippen LogP contribution in [0.3, 0.4) is 0 Å². The highest BCUT2D eigenvalue weighted by Crippen LogP contribution is 2.22. The molecule has 156 valence electrons. The number of aliphatic imine (C=N–C) groups is 1. The van der Waals surface area contributed by atoms with E-state index < -0.39 is 0 Å². The van der Waals surface area contributed by atoms with Crippen molar-refractivity contribution in [2.45, 2.75) is 33.7 Å². The van der Waals surface area contributed by atoms with Crippen LogP contribution in [0.15, 0.2) is 29.3 Å². The Labute approximate surface area is 169 Å². The summed E-state index contributed by atoms with van der Waals surface area (Å²) in [6.07, 6.45) is 0.469. The molecule has 1 aliphatic heterocycles. The van der Waals surface area contributed by atoms with E-state index in [9.17, 15) is 4.79 Å². The van der Waals surface area contributed by atoms with Crippen molar-refractivity contribution < 1.29 is 9.53 Å². The number of nitrogens with zero attached hydrogens (tertiary/aromatic N) is 3. The van der Waals surface area contributed by atoms with E-state index in [0.717, 1.165) is 51.9 Å². The van der Waals surface area contributed by atoms with Crippen LogP contribution in [-0.2, 0) is 16.1 Å². The highest BCUT2D eigenvalue weighted by molar-refractivity contribution is 5.81. The zero-order valence-corrected chi connectivity index (χ0v) is 17.5. The average molecular weight is 390 g/mol. The third-order valence-electron chi connectivity index (χ3n) is 4.84. The fourth-order valence-corrected chi connectivity index (χ4v) is 3.29. The summed E-state index contributed by atoms with van der Waals surface area (Å²) in [7, 11) is 0. The Balaban J connectivity index is 1.96. The molecule has 0 bridgehead atoms. The molecule has 0 spiro atoms. The number of rotatable bonds is 9. The van der Waals surface area contributed by atoms with E-state index in [1.54, 1.807) is 0 Å². The number of hydrogen-bond acceptors (Lipinski definition) is 4. The first kappa shape index (κ1) is 22.0. The molecular formula is C21H35N5O2. The van der Waals surface area contributed by atoms with Crippen LogP contribution in [0.1, 0.15) is 32.8 Å². The summed E-state index contributed by atoms with van der Waals surface area (Å²) in [6.45, 7) is 12.9. The van der Waals surface area contributed by atoms with Crippen LogP contribution in [0.5, 0.6) is 0 Å². The molecule has 1 saturated heterocycles. The first-order chi connectivity index (χ1) is 13.7. The Morgan fingerprint density at radius 3 is 2.54 bits per heavy atom. The molecule has 0 aliphatic carbocycles. The lowest BCUT2D eigenvalue weighted by molar-refractivity contribution is -0.130. The summed E-state index contributed by atoms with van der Waals surface area (Å²) in [6, 6.07) is 8.40. The zero-order valence-electron chi connectivity index (χ0n) is 17.5. The van der Waals surface area contributed by atoms with Gasteiger partial charge in [-0.25, -0.2) is 4.99 Å². The first-order valence-corrected chi connectivity index (χ1v) is 10.4. The summed E-state index contributed by atoms with van der Waals surface area (Å²) >= 11 is 0. The van der Waals surface area contributed by atoms with Gasteiger partial charge in [-0.05, 0) is 32.4 Å². The van der Waals surface area contributed by atoms with Crippen LogP contribution < -0.4 is 15.5 Å². The van der Waals surface area contributed by atoms with E-state index in [2.05, 4.69) is 39.8 Å². The highest BCUT2D eigenvalue weighted by atomic mass is 16.5. The normalized spacial score (nSPS) is 14.7. The lowest BCUT2D eigenvalue weighted by atomic mass is 10.1. The molecule has 1 fully saturated rings. The SMILES string of the molecule is CCNC(=NCc1ccccc1N1CCOCC1)NCCC(=O)N(CC)CC. The number of amides is 1. The fourth-order valence-electron chi connectivity index (χ4n) is 3.29. The number of para-hydroxylation sites is 1. The van der Waals surface area contributed by atoms with Crippen molar-refractivity contribution in [3.05, 3.63) is 29.8 Å². The van der Waals surface area contributed by atoms with E-state index in [1.807, 2.05) is 25.7 Å². The number of morpholine rings is 1. The van der Waals surface area contributed by atoms with Gasteiger partial charge < -0.3 is 25.2 Å². The average Bonchev–Trinajstić information content (AvgIpc) is 2.74. The minimum absolute atomic E-state index is 0.172. The van der Waals surface area contributed by atoms with E-state index in [4.69, 9.17) is 9.73 Å². The molecule has 1 amide bonds. The van der Waals surface area contributed by atoms with Crippen molar-refractivity contribution in [3.8, 4) is 0 Å². The van der Waals surface area contributed by atoms with Gasteiger partial charge in [0.1, 0.15) is 0 Å². The molecule has 0 aromatic heterocycles. The van der Waals surface area contributed by atoms with Crippen LogP contribution in [0.4, 0.5) is 5.69 Å². The van der Waals surface area contributed by atoms with Crippen molar-refractivity contribution >= 4 is 17.6 Å². The zero-order chi connectivity index (χ0) is 20.2. The Morgan fingerprint density at radius 2 is 1.86 bits per heavy atom. The molecule has 1 aliphatic rings. The van der Waals surface area contributed by atoms with Gasteiger partial charge in [-0.2, -0.15) is 0 Å². The molecule has 7 heteroatoms. The van der Waals surface area contributed by atoms with Gasteiger partial charge in [-0.15, -0.1) is 0 Å². The second kappa shape index (κ2) is 12.2. The maximum atomic E-state index is 12.2. The summed E-state index contributed by atoms with van der Waals surface area (Å²) in [5.74, 6) is 0.914. The van der Waals surface area contributed by atoms with Crippen LogP contribution in [-0.4, -0.2) is 69.2 Å². The number of carbonyl (C=O) groups is 1. The Bertz CT molecular complexity index is 625. The van der Waals surface area contributed by atoms with E-state index >= 15 is 0 Å². The lowest BCUT2D eigenvalue weighted by Gasteiger charge is -2.30. The van der Waals surface area contributed by atoms with Crippen LogP contribution in [0, 0.1) is 0 Å². The van der Waals surface area contributed by atoms with Crippen molar-refractivity contribution in [2.75, 3.05) is 57.4 Å². The number of anilines is 1. The van der Waals surface area contributed by atoms with E-state index in [-0.39, 0.29) is 5.91 Å². The minimum atomic E-state index is 0.172. The summed E-state index contributed by atoms with van der Waals surface area (Å²) < 4.78 is 5.47.